The minimum atomic E-state index is -1.12. The van der Waals surface area contributed by atoms with Crippen molar-refractivity contribution in [1.29, 1.82) is 5.26 Å². The fourth-order valence-corrected chi connectivity index (χ4v) is 3.19. The number of carbonyl (C=O) groups excluding carboxylic acids is 2. The first kappa shape index (κ1) is 20.3. The van der Waals surface area contributed by atoms with E-state index in [-0.39, 0.29) is 5.57 Å². The molecular weight excluding hydrogens is 373 g/mol. The van der Waals surface area contributed by atoms with Crippen molar-refractivity contribution in [2.75, 3.05) is 5.32 Å². The SMILES string of the molecule is Cc1cc(/C=C(\C#N)C(=O)O[C@@H](C)C(=O)Nc2ccc(F)cc2)c(C)n1C1CC1. The third-order valence-corrected chi connectivity index (χ3v) is 4.84. The summed E-state index contributed by atoms with van der Waals surface area (Å²) in [6.07, 6.45) is 2.64. The van der Waals surface area contributed by atoms with Crippen molar-refractivity contribution in [3.63, 3.8) is 0 Å². The van der Waals surface area contributed by atoms with Crippen molar-refractivity contribution in [3.8, 4) is 6.07 Å². The second-order valence-corrected chi connectivity index (χ2v) is 7.14. The second kappa shape index (κ2) is 8.31. The molecule has 1 fully saturated rings. The highest BCUT2D eigenvalue weighted by molar-refractivity contribution is 6.01. The minimum absolute atomic E-state index is 0.178. The third-order valence-electron chi connectivity index (χ3n) is 4.84. The lowest BCUT2D eigenvalue weighted by Gasteiger charge is -2.13. The van der Waals surface area contributed by atoms with Crippen molar-refractivity contribution >= 4 is 23.6 Å². The molecule has 1 aliphatic carbocycles. The normalized spacial score (nSPS) is 14.8. The summed E-state index contributed by atoms with van der Waals surface area (Å²) in [5.41, 5.74) is 3.05. The predicted molar refractivity (Wildman–Crippen MR) is 106 cm³/mol. The van der Waals surface area contributed by atoms with Crippen LogP contribution in [0.3, 0.4) is 0 Å². The van der Waals surface area contributed by atoms with Gasteiger partial charge in [-0.2, -0.15) is 5.26 Å². The van der Waals surface area contributed by atoms with E-state index in [1.165, 1.54) is 37.3 Å². The number of ether oxygens (including phenoxy) is 1. The fourth-order valence-electron chi connectivity index (χ4n) is 3.19. The second-order valence-electron chi connectivity index (χ2n) is 7.14. The van der Waals surface area contributed by atoms with Crippen LogP contribution in [-0.2, 0) is 14.3 Å². The molecular formula is C22H22FN3O3. The van der Waals surface area contributed by atoms with Crippen LogP contribution >= 0.6 is 0 Å². The highest BCUT2D eigenvalue weighted by Gasteiger charge is 2.27. The molecule has 7 heteroatoms. The fraction of sp³-hybridized carbons (Fsp3) is 0.318. The van der Waals surface area contributed by atoms with E-state index in [1.54, 1.807) is 0 Å². The van der Waals surface area contributed by atoms with E-state index in [0.29, 0.717) is 11.7 Å². The van der Waals surface area contributed by atoms with E-state index in [4.69, 9.17) is 4.74 Å². The Bertz CT molecular complexity index is 1010. The van der Waals surface area contributed by atoms with Crippen LogP contribution in [0.2, 0.25) is 0 Å². The molecule has 0 unspecified atom stereocenters. The number of nitrogens with zero attached hydrogens (tertiary/aromatic N) is 2. The molecule has 29 heavy (non-hydrogen) atoms. The van der Waals surface area contributed by atoms with E-state index in [1.807, 2.05) is 26.0 Å². The van der Waals surface area contributed by atoms with Crippen molar-refractivity contribution < 1.29 is 18.7 Å². The average molecular weight is 395 g/mol. The van der Waals surface area contributed by atoms with Gasteiger partial charge in [0.2, 0.25) is 0 Å². The molecule has 1 aromatic carbocycles. The predicted octanol–water partition coefficient (Wildman–Crippen LogP) is 4.06. The number of anilines is 1. The van der Waals surface area contributed by atoms with Crippen LogP contribution in [0.5, 0.6) is 0 Å². The lowest BCUT2D eigenvalue weighted by Crippen LogP contribution is -2.30. The Kier molecular flexibility index (Phi) is 5.83. The summed E-state index contributed by atoms with van der Waals surface area (Å²) < 4.78 is 20.3. The minimum Gasteiger partial charge on any atom is -0.448 e. The molecule has 1 atom stereocenters. The van der Waals surface area contributed by atoms with E-state index in [0.717, 1.165) is 29.8 Å². The van der Waals surface area contributed by atoms with Gasteiger partial charge in [-0.15, -0.1) is 0 Å². The largest absolute Gasteiger partial charge is 0.448 e. The Morgan fingerprint density at radius 1 is 1.31 bits per heavy atom. The molecule has 1 amide bonds. The van der Waals surface area contributed by atoms with E-state index in [2.05, 4.69) is 9.88 Å². The van der Waals surface area contributed by atoms with Crippen LogP contribution in [0.15, 0.2) is 35.9 Å². The molecule has 2 aromatic rings. The van der Waals surface area contributed by atoms with E-state index < -0.39 is 23.8 Å². The monoisotopic (exact) mass is 395 g/mol. The number of hydrogen-bond acceptors (Lipinski definition) is 4. The van der Waals surface area contributed by atoms with Crippen molar-refractivity contribution in [2.24, 2.45) is 0 Å². The molecule has 3 rings (SSSR count). The van der Waals surface area contributed by atoms with Gasteiger partial charge in [0, 0.05) is 23.1 Å². The van der Waals surface area contributed by atoms with Gasteiger partial charge >= 0.3 is 5.97 Å². The third kappa shape index (κ3) is 4.72. The highest BCUT2D eigenvalue weighted by atomic mass is 19.1. The molecule has 0 aliphatic heterocycles. The maximum Gasteiger partial charge on any atom is 0.349 e. The number of aromatic nitrogens is 1. The van der Waals surface area contributed by atoms with Gasteiger partial charge in [0.25, 0.3) is 5.91 Å². The molecule has 1 aliphatic rings. The molecule has 150 valence electrons. The van der Waals surface area contributed by atoms with Crippen LogP contribution < -0.4 is 5.32 Å². The Morgan fingerprint density at radius 2 is 1.97 bits per heavy atom. The number of esters is 1. The summed E-state index contributed by atoms with van der Waals surface area (Å²) in [6.45, 7) is 5.36. The lowest BCUT2D eigenvalue weighted by atomic mass is 10.1. The van der Waals surface area contributed by atoms with Crippen molar-refractivity contribution in [3.05, 3.63) is 58.7 Å². The number of carbonyl (C=O) groups is 2. The molecule has 1 aromatic heterocycles. The molecule has 0 radical (unpaired) electrons. The molecule has 0 spiro atoms. The van der Waals surface area contributed by atoms with Crippen LogP contribution in [-0.4, -0.2) is 22.5 Å². The number of halogens is 1. The van der Waals surface area contributed by atoms with Gasteiger partial charge in [-0.25, -0.2) is 9.18 Å². The van der Waals surface area contributed by atoms with Gasteiger partial charge in [0.15, 0.2) is 6.10 Å². The molecule has 1 N–H and O–H groups in total. The van der Waals surface area contributed by atoms with Crippen molar-refractivity contribution in [2.45, 2.75) is 45.8 Å². The van der Waals surface area contributed by atoms with Gasteiger partial charge in [0.1, 0.15) is 17.5 Å². The topological polar surface area (TPSA) is 84.1 Å². The zero-order valence-corrected chi connectivity index (χ0v) is 16.5. The van der Waals surface area contributed by atoms with Gasteiger partial charge in [0.05, 0.1) is 0 Å². The number of aryl methyl sites for hydroxylation is 1. The van der Waals surface area contributed by atoms with Crippen LogP contribution in [0.1, 0.15) is 42.8 Å². The summed E-state index contributed by atoms with van der Waals surface area (Å²) in [4.78, 5) is 24.6. The van der Waals surface area contributed by atoms with Gasteiger partial charge in [-0.05, 0) is 75.6 Å². The lowest BCUT2D eigenvalue weighted by molar-refractivity contribution is -0.148. The summed E-state index contributed by atoms with van der Waals surface area (Å²) in [7, 11) is 0. The number of hydrogen-bond donors (Lipinski definition) is 1. The first-order valence-corrected chi connectivity index (χ1v) is 9.37. The van der Waals surface area contributed by atoms with Gasteiger partial charge in [-0.3, -0.25) is 4.79 Å². The van der Waals surface area contributed by atoms with Gasteiger partial charge < -0.3 is 14.6 Å². The zero-order chi connectivity index (χ0) is 21.1. The maximum absolute atomic E-state index is 12.9. The number of benzene rings is 1. The Morgan fingerprint density at radius 3 is 2.55 bits per heavy atom. The Labute approximate surface area is 168 Å². The molecule has 0 bridgehead atoms. The maximum atomic E-state index is 12.9. The Balaban J connectivity index is 1.68. The van der Waals surface area contributed by atoms with Crippen LogP contribution in [0, 0.1) is 31.0 Å². The summed E-state index contributed by atoms with van der Waals surface area (Å²) in [6, 6.07) is 9.50. The number of rotatable bonds is 6. The summed E-state index contributed by atoms with van der Waals surface area (Å²) in [5, 5.41) is 11.9. The zero-order valence-electron chi connectivity index (χ0n) is 16.5. The number of nitrogens with one attached hydrogen (secondary N) is 1. The van der Waals surface area contributed by atoms with Crippen LogP contribution in [0.25, 0.3) is 6.08 Å². The molecule has 0 saturated heterocycles. The average Bonchev–Trinajstić information content (AvgIpc) is 3.47. The molecule has 1 saturated carbocycles. The summed E-state index contributed by atoms with van der Waals surface area (Å²) >= 11 is 0. The first-order chi connectivity index (χ1) is 13.8. The molecule has 6 nitrogen and oxygen atoms in total. The molecule has 1 heterocycles. The van der Waals surface area contributed by atoms with Crippen LogP contribution in [0.4, 0.5) is 10.1 Å². The quantitative estimate of drug-likeness (QED) is 0.454. The van der Waals surface area contributed by atoms with Crippen molar-refractivity contribution in [1.82, 2.24) is 4.57 Å². The highest BCUT2D eigenvalue weighted by Crippen LogP contribution is 2.38. The first-order valence-electron chi connectivity index (χ1n) is 9.37. The van der Waals surface area contributed by atoms with Gasteiger partial charge in [-0.1, -0.05) is 0 Å². The standard InChI is InChI=1S/C22H22FN3O3/c1-13-10-16(14(2)26(13)20-8-9-20)11-17(12-24)22(28)29-15(3)21(27)25-19-6-4-18(23)5-7-19/h4-7,10-11,15,20H,8-9H2,1-3H3,(H,25,27)/b17-11+/t15-/m0/s1. The smallest absolute Gasteiger partial charge is 0.349 e. The number of amides is 1. The summed E-state index contributed by atoms with van der Waals surface area (Å²) in [5.74, 6) is -1.87. The number of nitriles is 1. The van der Waals surface area contributed by atoms with E-state index in [9.17, 15) is 19.2 Å². The van der Waals surface area contributed by atoms with E-state index >= 15 is 0 Å². The Hall–Kier alpha value is -3.40.